The third-order valence-electron chi connectivity index (χ3n) is 6.27. The molecule has 120 valence electrons. The van der Waals surface area contributed by atoms with Crippen LogP contribution in [-0.4, -0.2) is 4.98 Å². The largest absolute Gasteiger partial charge is 0.257 e. The fourth-order valence-electron chi connectivity index (χ4n) is 4.52. The summed E-state index contributed by atoms with van der Waals surface area (Å²) in [5.41, 5.74) is 5.70. The number of pyridine rings is 1. The molecule has 0 spiro atoms. The van der Waals surface area contributed by atoms with Crippen molar-refractivity contribution in [3.63, 3.8) is 0 Å². The molecule has 2 aliphatic rings. The maximum Gasteiger partial charge on any atom is 0.0487 e. The van der Waals surface area contributed by atoms with Gasteiger partial charge in [-0.3, -0.25) is 4.98 Å². The smallest absolute Gasteiger partial charge is 0.0487 e. The first-order chi connectivity index (χ1) is 10.7. The Morgan fingerprint density at radius 2 is 1.82 bits per heavy atom. The van der Waals surface area contributed by atoms with Crippen LogP contribution in [-0.2, 0) is 12.8 Å². The van der Waals surface area contributed by atoms with Gasteiger partial charge < -0.3 is 0 Å². The number of nitrogens with zero attached hydrogens (tertiary/aromatic N) is 1. The fourth-order valence-corrected chi connectivity index (χ4v) is 4.52. The summed E-state index contributed by atoms with van der Waals surface area (Å²) >= 11 is 0. The van der Waals surface area contributed by atoms with Crippen LogP contribution >= 0.6 is 0 Å². The molecule has 22 heavy (non-hydrogen) atoms. The first-order valence-electron chi connectivity index (χ1n) is 9.33. The van der Waals surface area contributed by atoms with E-state index in [0.29, 0.717) is 5.41 Å². The van der Waals surface area contributed by atoms with E-state index < -0.39 is 0 Å². The van der Waals surface area contributed by atoms with Crippen LogP contribution < -0.4 is 0 Å². The highest BCUT2D eigenvalue weighted by atomic mass is 14.7. The Bertz CT molecular complexity index is 533. The number of rotatable bonds is 4. The molecule has 3 rings (SSSR count). The zero-order valence-electron chi connectivity index (χ0n) is 14.5. The van der Waals surface area contributed by atoms with Gasteiger partial charge in [0.15, 0.2) is 0 Å². The lowest BCUT2D eigenvalue weighted by atomic mass is 9.68. The second kappa shape index (κ2) is 6.56. The van der Waals surface area contributed by atoms with Crippen molar-refractivity contribution in [2.24, 2.45) is 11.3 Å². The number of hydrogen-bond acceptors (Lipinski definition) is 1. The number of fused-ring (bicyclic) bond motifs is 1. The maximum absolute atomic E-state index is 5.09. The Labute approximate surface area is 136 Å². The lowest BCUT2D eigenvalue weighted by Gasteiger charge is -2.37. The van der Waals surface area contributed by atoms with Gasteiger partial charge in [-0.05, 0) is 60.6 Å². The Kier molecular flexibility index (Phi) is 4.70. The van der Waals surface area contributed by atoms with Crippen molar-refractivity contribution in [1.82, 2.24) is 4.98 Å². The van der Waals surface area contributed by atoms with Crippen LogP contribution in [0.3, 0.4) is 0 Å². The summed E-state index contributed by atoms with van der Waals surface area (Å²) in [4.78, 5) is 5.09. The molecular formula is C21H31N. The lowest BCUT2D eigenvalue weighted by Crippen LogP contribution is -2.28. The molecule has 0 N–H and O–H groups in total. The fraction of sp³-hybridized carbons (Fsp3) is 0.667. The standard InChI is InChI=1S/C21H31N/c1-4-21(5-2)14-16(3)19-12-11-18(22-20(19)15-21)13-17-9-7-6-8-10-17/h11-12,17H,3-10,13-15H2,1-2H3. The van der Waals surface area contributed by atoms with E-state index >= 15 is 0 Å². The molecule has 0 radical (unpaired) electrons. The average Bonchev–Trinajstić information content (AvgIpc) is 2.55. The Morgan fingerprint density at radius 1 is 1.09 bits per heavy atom. The van der Waals surface area contributed by atoms with Crippen molar-refractivity contribution in [3.05, 3.63) is 35.7 Å². The van der Waals surface area contributed by atoms with Gasteiger partial charge in [0.2, 0.25) is 0 Å². The van der Waals surface area contributed by atoms with Gasteiger partial charge in [0.25, 0.3) is 0 Å². The minimum absolute atomic E-state index is 0.403. The molecule has 2 aliphatic carbocycles. The minimum Gasteiger partial charge on any atom is -0.257 e. The molecular weight excluding hydrogens is 266 g/mol. The van der Waals surface area contributed by atoms with Crippen LogP contribution in [0.5, 0.6) is 0 Å². The summed E-state index contributed by atoms with van der Waals surface area (Å²) < 4.78 is 0. The first kappa shape index (κ1) is 15.8. The van der Waals surface area contributed by atoms with Crippen LogP contribution in [0.25, 0.3) is 5.57 Å². The van der Waals surface area contributed by atoms with Gasteiger partial charge in [-0.1, -0.05) is 58.6 Å². The molecule has 1 fully saturated rings. The molecule has 0 unspecified atom stereocenters. The highest BCUT2D eigenvalue weighted by Crippen LogP contribution is 2.45. The minimum atomic E-state index is 0.403. The van der Waals surface area contributed by atoms with Crippen molar-refractivity contribution in [2.75, 3.05) is 0 Å². The number of allylic oxidation sites excluding steroid dienone is 1. The summed E-state index contributed by atoms with van der Waals surface area (Å²) in [6.07, 6.45) is 13.0. The SMILES string of the molecule is C=C1CC(CC)(CC)Cc2nc(CC3CCCCC3)ccc21. The number of hydrogen-bond donors (Lipinski definition) is 0. The van der Waals surface area contributed by atoms with Crippen LogP contribution in [0.4, 0.5) is 0 Å². The van der Waals surface area contributed by atoms with Gasteiger partial charge in [-0.15, -0.1) is 0 Å². The van der Waals surface area contributed by atoms with E-state index in [1.807, 2.05) is 0 Å². The molecule has 0 aliphatic heterocycles. The van der Waals surface area contributed by atoms with Crippen molar-refractivity contribution in [1.29, 1.82) is 0 Å². The van der Waals surface area contributed by atoms with E-state index in [0.717, 1.165) is 18.8 Å². The molecule has 0 bridgehead atoms. The van der Waals surface area contributed by atoms with E-state index in [1.54, 1.807) is 0 Å². The molecule has 1 heteroatoms. The van der Waals surface area contributed by atoms with Crippen LogP contribution in [0.15, 0.2) is 18.7 Å². The van der Waals surface area contributed by atoms with Gasteiger partial charge >= 0.3 is 0 Å². The van der Waals surface area contributed by atoms with E-state index in [9.17, 15) is 0 Å². The van der Waals surface area contributed by atoms with Crippen molar-refractivity contribution in [3.8, 4) is 0 Å². The normalized spacial score (nSPS) is 21.6. The van der Waals surface area contributed by atoms with Crippen LogP contribution in [0.1, 0.15) is 82.2 Å². The molecule has 1 aromatic heterocycles. The third kappa shape index (κ3) is 3.14. The molecule has 0 aromatic carbocycles. The summed E-state index contributed by atoms with van der Waals surface area (Å²) in [6.45, 7) is 9.01. The molecule has 0 saturated heterocycles. The quantitative estimate of drug-likeness (QED) is 0.667. The van der Waals surface area contributed by atoms with E-state index in [1.165, 1.54) is 73.9 Å². The van der Waals surface area contributed by atoms with Crippen LogP contribution in [0, 0.1) is 11.3 Å². The van der Waals surface area contributed by atoms with Crippen molar-refractivity contribution >= 4 is 5.57 Å². The number of aromatic nitrogens is 1. The van der Waals surface area contributed by atoms with Crippen molar-refractivity contribution in [2.45, 2.75) is 78.1 Å². The predicted octanol–water partition coefficient (Wildman–Crippen LogP) is 5.97. The lowest BCUT2D eigenvalue weighted by molar-refractivity contribution is 0.257. The van der Waals surface area contributed by atoms with Gasteiger partial charge in [0.05, 0.1) is 0 Å². The highest BCUT2D eigenvalue weighted by Gasteiger charge is 2.34. The molecule has 1 heterocycles. The first-order valence-corrected chi connectivity index (χ1v) is 9.33. The third-order valence-corrected chi connectivity index (χ3v) is 6.27. The van der Waals surface area contributed by atoms with Crippen molar-refractivity contribution < 1.29 is 0 Å². The topological polar surface area (TPSA) is 12.9 Å². The average molecular weight is 297 g/mol. The van der Waals surface area contributed by atoms with Gasteiger partial charge in [0.1, 0.15) is 0 Å². The highest BCUT2D eigenvalue weighted by molar-refractivity contribution is 5.68. The predicted molar refractivity (Wildman–Crippen MR) is 94.9 cm³/mol. The Hall–Kier alpha value is -1.11. The van der Waals surface area contributed by atoms with E-state index in [4.69, 9.17) is 4.98 Å². The molecule has 0 amide bonds. The summed E-state index contributed by atoms with van der Waals surface area (Å²) in [7, 11) is 0. The maximum atomic E-state index is 5.09. The van der Waals surface area contributed by atoms with Crippen LogP contribution in [0.2, 0.25) is 0 Å². The Balaban J connectivity index is 1.81. The zero-order chi connectivity index (χ0) is 15.6. The summed E-state index contributed by atoms with van der Waals surface area (Å²) in [5.74, 6) is 0.869. The second-order valence-electron chi connectivity index (χ2n) is 7.67. The molecule has 1 aromatic rings. The van der Waals surface area contributed by atoms with Gasteiger partial charge in [-0.2, -0.15) is 0 Å². The molecule has 1 nitrogen and oxygen atoms in total. The van der Waals surface area contributed by atoms with E-state index in [-0.39, 0.29) is 0 Å². The van der Waals surface area contributed by atoms with Gasteiger partial charge in [-0.25, -0.2) is 0 Å². The Morgan fingerprint density at radius 3 is 2.50 bits per heavy atom. The second-order valence-corrected chi connectivity index (χ2v) is 7.67. The molecule has 1 saturated carbocycles. The zero-order valence-corrected chi connectivity index (χ0v) is 14.5. The monoisotopic (exact) mass is 297 g/mol. The van der Waals surface area contributed by atoms with Gasteiger partial charge in [0, 0.05) is 11.4 Å². The van der Waals surface area contributed by atoms with E-state index in [2.05, 4.69) is 32.6 Å². The molecule has 0 atom stereocenters. The summed E-state index contributed by atoms with van der Waals surface area (Å²) in [6, 6.07) is 4.57. The summed E-state index contributed by atoms with van der Waals surface area (Å²) in [5, 5.41) is 0.